The summed E-state index contributed by atoms with van der Waals surface area (Å²) in [7, 11) is 0. The number of para-hydroxylation sites is 1. The first-order chi connectivity index (χ1) is 9.49. The molecule has 2 nitrogen and oxygen atoms in total. The number of fused-ring (bicyclic) bond motifs is 1. The van der Waals surface area contributed by atoms with E-state index in [1.807, 2.05) is 49.4 Å². The van der Waals surface area contributed by atoms with Crippen LogP contribution in [0.5, 0.6) is 5.75 Å². The molecule has 0 saturated heterocycles. The summed E-state index contributed by atoms with van der Waals surface area (Å²) in [5.74, 6) is 0.840. The van der Waals surface area contributed by atoms with E-state index >= 15 is 0 Å². The van der Waals surface area contributed by atoms with E-state index in [-0.39, 0.29) is 6.04 Å². The quantitative estimate of drug-likeness (QED) is 0.800. The Labute approximate surface area is 132 Å². The first kappa shape index (κ1) is 13.9. The van der Waals surface area contributed by atoms with Crippen LogP contribution in [-0.2, 0) is 5.60 Å². The lowest BCUT2D eigenvalue weighted by Gasteiger charge is -2.39. The van der Waals surface area contributed by atoms with E-state index < -0.39 is 5.60 Å². The summed E-state index contributed by atoms with van der Waals surface area (Å²) >= 11 is 9.80. The highest BCUT2D eigenvalue weighted by molar-refractivity contribution is 9.10. The van der Waals surface area contributed by atoms with Crippen molar-refractivity contribution in [2.45, 2.75) is 25.0 Å². The summed E-state index contributed by atoms with van der Waals surface area (Å²) in [6.45, 7) is 2.04. The molecule has 0 aromatic heterocycles. The molecule has 3 rings (SSSR count). The lowest BCUT2D eigenvalue weighted by molar-refractivity contribution is 0.0512. The third-order valence-electron chi connectivity index (χ3n) is 3.76. The van der Waals surface area contributed by atoms with E-state index in [1.165, 1.54) is 0 Å². The second kappa shape index (κ2) is 5.06. The maximum absolute atomic E-state index is 6.38. The minimum atomic E-state index is -0.508. The smallest absolute Gasteiger partial charge is 0.134 e. The zero-order chi connectivity index (χ0) is 14.3. The van der Waals surface area contributed by atoms with Gasteiger partial charge in [0.15, 0.2) is 0 Å². The lowest BCUT2D eigenvalue weighted by Crippen LogP contribution is -2.38. The Morgan fingerprint density at radius 3 is 2.80 bits per heavy atom. The molecule has 0 saturated carbocycles. The fourth-order valence-electron chi connectivity index (χ4n) is 2.78. The summed E-state index contributed by atoms with van der Waals surface area (Å²) in [5, 5.41) is 0.688. The number of benzene rings is 2. The molecule has 0 aliphatic carbocycles. The van der Waals surface area contributed by atoms with E-state index in [0.717, 1.165) is 21.3 Å². The Hall–Kier alpha value is -1.03. The largest absolute Gasteiger partial charge is 0.482 e. The van der Waals surface area contributed by atoms with Crippen molar-refractivity contribution in [2.24, 2.45) is 5.73 Å². The Bertz CT molecular complexity index is 661. The van der Waals surface area contributed by atoms with Gasteiger partial charge in [0.2, 0.25) is 0 Å². The molecule has 1 heterocycles. The molecule has 104 valence electrons. The average molecular weight is 353 g/mol. The van der Waals surface area contributed by atoms with Crippen LogP contribution in [0.3, 0.4) is 0 Å². The Morgan fingerprint density at radius 1 is 1.30 bits per heavy atom. The highest BCUT2D eigenvalue weighted by Gasteiger charge is 2.38. The van der Waals surface area contributed by atoms with Crippen molar-refractivity contribution in [2.75, 3.05) is 0 Å². The van der Waals surface area contributed by atoms with Gasteiger partial charge in [0, 0.05) is 33.1 Å². The first-order valence-corrected chi connectivity index (χ1v) is 7.66. The average Bonchev–Trinajstić information content (AvgIpc) is 2.38. The number of hydrogen-bond donors (Lipinski definition) is 1. The maximum Gasteiger partial charge on any atom is 0.134 e. The predicted molar refractivity (Wildman–Crippen MR) is 85.1 cm³/mol. The molecular formula is C16H15BrClNO. The van der Waals surface area contributed by atoms with Crippen molar-refractivity contribution < 1.29 is 4.74 Å². The molecule has 2 aromatic carbocycles. The van der Waals surface area contributed by atoms with E-state index in [2.05, 4.69) is 15.9 Å². The number of hydrogen-bond acceptors (Lipinski definition) is 2. The van der Waals surface area contributed by atoms with Crippen molar-refractivity contribution in [3.8, 4) is 5.75 Å². The fraction of sp³-hybridized carbons (Fsp3) is 0.250. The summed E-state index contributed by atoms with van der Waals surface area (Å²) in [4.78, 5) is 0. The molecule has 0 spiro atoms. The van der Waals surface area contributed by atoms with Crippen molar-refractivity contribution in [1.82, 2.24) is 0 Å². The van der Waals surface area contributed by atoms with Crippen LogP contribution in [0.15, 0.2) is 46.9 Å². The molecule has 1 aliphatic heterocycles. The minimum absolute atomic E-state index is 0.0512. The summed E-state index contributed by atoms with van der Waals surface area (Å²) in [5.41, 5.74) is 7.82. The molecule has 0 amide bonds. The molecular weight excluding hydrogens is 338 g/mol. The Morgan fingerprint density at radius 2 is 2.05 bits per heavy atom. The lowest BCUT2D eigenvalue weighted by atomic mass is 9.84. The van der Waals surface area contributed by atoms with Gasteiger partial charge in [-0.1, -0.05) is 51.8 Å². The van der Waals surface area contributed by atoms with Gasteiger partial charge in [0.1, 0.15) is 11.4 Å². The zero-order valence-electron chi connectivity index (χ0n) is 11.1. The molecule has 2 aromatic rings. The van der Waals surface area contributed by atoms with Crippen LogP contribution in [0, 0.1) is 0 Å². The van der Waals surface area contributed by atoms with Crippen LogP contribution in [0.1, 0.15) is 30.5 Å². The van der Waals surface area contributed by atoms with Gasteiger partial charge < -0.3 is 10.5 Å². The standard InChI is InChI=1S/C16H15BrClNO/c1-16(12-7-6-10(17)8-13(12)18)9-14(19)11-4-2-3-5-15(11)20-16/h2-8,14H,9,19H2,1H3/t14-,16?/m1/s1. The molecule has 1 aliphatic rings. The SMILES string of the molecule is CC1(c2ccc(Br)cc2Cl)C[C@@H](N)c2ccccc2O1. The van der Waals surface area contributed by atoms with Crippen LogP contribution in [0.2, 0.25) is 5.02 Å². The highest BCUT2D eigenvalue weighted by atomic mass is 79.9. The van der Waals surface area contributed by atoms with E-state index in [1.54, 1.807) is 0 Å². The van der Waals surface area contributed by atoms with Gasteiger partial charge in [-0.2, -0.15) is 0 Å². The van der Waals surface area contributed by atoms with E-state index in [0.29, 0.717) is 11.4 Å². The summed E-state index contributed by atoms with van der Waals surface area (Å²) in [6.07, 6.45) is 0.700. The van der Waals surface area contributed by atoms with Crippen molar-refractivity contribution in [3.05, 3.63) is 63.1 Å². The van der Waals surface area contributed by atoms with Gasteiger partial charge in [0.25, 0.3) is 0 Å². The van der Waals surface area contributed by atoms with Gasteiger partial charge in [0.05, 0.1) is 0 Å². The summed E-state index contributed by atoms with van der Waals surface area (Å²) in [6, 6.07) is 13.7. The highest BCUT2D eigenvalue weighted by Crippen LogP contribution is 2.45. The minimum Gasteiger partial charge on any atom is -0.482 e. The second-order valence-electron chi connectivity index (χ2n) is 5.31. The molecule has 0 radical (unpaired) electrons. The second-order valence-corrected chi connectivity index (χ2v) is 6.63. The van der Waals surface area contributed by atoms with Crippen molar-refractivity contribution in [1.29, 1.82) is 0 Å². The van der Waals surface area contributed by atoms with Crippen LogP contribution < -0.4 is 10.5 Å². The van der Waals surface area contributed by atoms with Gasteiger partial charge >= 0.3 is 0 Å². The first-order valence-electron chi connectivity index (χ1n) is 6.49. The van der Waals surface area contributed by atoms with Crippen molar-refractivity contribution >= 4 is 27.5 Å². The topological polar surface area (TPSA) is 35.2 Å². The number of ether oxygens (including phenoxy) is 1. The molecule has 1 unspecified atom stereocenters. The molecule has 0 bridgehead atoms. The molecule has 2 N–H and O–H groups in total. The molecule has 4 heteroatoms. The van der Waals surface area contributed by atoms with E-state index in [4.69, 9.17) is 22.1 Å². The van der Waals surface area contributed by atoms with Crippen molar-refractivity contribution in [3.63, 3.8) is 0 Å². The van der Waals surface area contributed by atoms with Crippen LogP contribution in [-0.4, -0.2) is 0 Å². The van der Waals surface area contributed by atoms with Crippen LogP contribution >= 0.6 is 27.5 Å². The van der Waals surface area contributed by atoms with Crippen LogP contribution in [0.4, 0.5) is 0 Å². The number of halogens is 2. The fourth-order valence-corrected chi connectivity index (χ4v) is 3.65. The van der Waals surface area contributed by atoms with Gasteiger partial charge in [-0.3, -0.25) is 0 Å². The van der Waals surface area contributed by atoms with E-state index in [9.17, 15) is 0 Å². The Kier molecular flexibility index (Phi) is 3.53. The number of nitrogens with two attached hydrogens (primary N) is 1. The molecule has 20 heavy (non-hydrogen) atoms. The third kappa shape index (κ3) is 2.34. The molecule has 0 fully saturated rings. The van der Waals surface area contributed by atoms with Gasteiger partial charge in [-0.05, 0) is 25.1 Å². The summed E-state index contributed by atoms with van der Waals surface area (Å²) < 4.78 is 7.17. The van der Waals surface area contributed by atoms with Gasteiger partial charge in [-0.25, -0.2) is 0 Å². The third-order valence-corrected chi connectivity index (χ3v) is 4.57. The normalized spacial score (nSPS) is 24.9. The maximum atomic E-state index is 6.38. The molecule has 2 atom stereocenters. The predicted octanol–water partition coefficient (Wildman–Crippen LogP) is 4.80. The van der Waals surface area contributed by atoms with Gasteiger partial charge in [-0.15, -0.1) is 0 Å². The van der Waals surface area contributed by atoms with Crippen LogP contribution in [0.25, 0.3) is 0 Å². The zero-order valence-corrected chi connectivity index (χ0v) is 13.4. The number of rotatable bonds is 1. The monoisotopic (exact) mass is 351 g/mol. The Balaban J connectivity index is 2.06.